The average molecular weight is 394 g/mol. The van der Waals surface area contributed by atoms with E-state index in [1.54, 1.807) is 0 Å². The normalized spacial score (nSPS) is 16.5. The van der Waals surface area contributed by atoms with Crippen LogP contribution in [-0.2, 0) is 4.79 Å². The molecule has 4 nitrogen and oxygen atoms in total. The third-order valence-electron chi connectivity index (χ3n) is 3.22. The minimum absolute atomic E-state index is 0.152. The van der Waals surface area contributed by atoms with Gasteiger partial charge in [-0.15, -0.1) is 0 Å². The second-order valence-corrected chi connectivity index (χ2v) is 6.26. The van der Waals surface area contributed by atoms with E-state index in [9.17, 15) is 4.79 Å². The van der Waals surface area contributed by atoms with Gasteiger partial charge in [-0.2, -0.15) is 0 Å². The van der Waals surface area contributed by atoms with Crippen molar-refractivity contribution in [1.82, 2.24) is 9.80 Å². The summed E-state index contributed by atoms with van der Waals surface area (Å²) in [5, 5.41) is 3.89. The van der Waals surface area contributed by atoms with E-state index in [4.69, 9.17) is 11.6 Å². The van der Waals surface area contributed by atoms with Gasteiger partial charge in [0.25, 0.3) is 0 Å². The van der Waals surface area contributed by atoms with E-state index in [0.29, 0.717) is 11.6 Å². The zero-order valence-electron chi connectivity index (χ0n) is 10.8. The van der Waals surface area contributed by atoms with E-state index < -0.39 is 0 Å². The lowest BCUT2D eigenvalue weighted by atomic mass is 10.3. The Morgan fingerprint density at radius 2 is 2.05 bits per heavy atom. The van der Waals surface area contributed by atoms with Gasteiger partial charge in [0.15, 0.2) is 0 Å². The highest BCUT2D eigenvalue weighted by molar-refractivity contribution is 14.1. The summed E-state index contributed by atoms with van der Waals surface area (Å²) in [5.41, 5.74) is 0.951. The van der Waals surface area contributed by atoms with Gasteiger partial charge in [-0.05, 0) is 47.8 Å². The maximum Gasteiger partial charge on any atom is 0.241 e. The van der Waals surface area contributed by atoms with Crippen LogP contribution in [0.5, 0.6) is 0 Å². The summed E-state index contributed by atoms with van der Waals surface area (Å²) >= 11 is 8.11. The largest absolute Gasteiger partial charge is 0.375 e. The van der Waals surface area contributed by atoms with Crippen LogP contribution in [0.2, 0.25) is 5.02 Å². The van der Waals surface area contributed by atoms with Gasteiger partial charge >= 0.3 is 0 Å². The topological polar surface area (TPSA) is 35.6 Å². The smallest absolute Gasteiger partial charge is 0.241 e. The van der Waals surface area contributed by atoms with Gasteiger partial charge in [0.2, 0.25) is 5.91 Å². The number of nitrogens with one attached hydrogen (secondary N) is 1. The maximum absolute atomic E-state index is 12.1. The molecular weight excluding hydrogens is 377 g/mol. The third kappa shape index (κ3) is 4.22. The first-order valence-electron chi connectivity index (χ1n) is 6.21. The molecule has 0 radical (unpaired) electrons. The number of carbonyl (C=O) groups is 1. The van der Waals surface area contributed by atoms with Gasteiger partial charge in [-0.3, -0.25) is 4.79 Å². The molecule has 0 bridgehead atoms. The molecule has 0 aliphatic carbocycles. The number of carbonyl (C=O) groups excluding carboxylic acids is 1. The Bertz CT molecular complexity index is 461. The second-order valence-electron chi connectivity index (χ2n) is 4.66. The van der Waals surface area contributed by atoms with Gasteiger partial charge < -0.3 is 15.1 Å². The molecule has 0 aromatic heterocycles. The standard InChI is InChI=1S/C13H17ClIN3O/c1-17-4-6-18(7-5-17)13(19)9-16-12-3-2-10(14)8-11(12)15/h2-3,8,16H,4-7,9H2,1H3. The van der Waals surface area contributed by atoms with Gasteiger partial charge in [0.05, 0.1) is 6.54 Å². The van der Waals surface area contributed by atoms with Crippen molar-refractivity contribution in [3.63, 3.8) is 0 Å². The number of benzene rings is 1. The fourth-order valence-corrected chi connectivity index (χ4v) is 3.03. The number of rotatable bonds is 3. The van der Waals surface area contributed by atoms with E-state index in [1.165, 1.54) is 0 Å². The first-order chi connectivity index (χ1) is 9.06. The lowest BCUT2D eigenvalue weighted by molar-refractivity contribution is -0.130. The highest BCUT2D eigenvalue weighted by atomic mass is 127. The molecule has 19 heavy (non-hydrogen) atoms. The summed E-state index contributed by atoms with van der Waals surface area (Å²) < 4.78 is 1.02. The Morgan fingerprint density at radius 1 is 1.37 bits per heavy atom. The van der Waals surface area contributed by atoms with Crippen LogP contribution in [0.15, 0.2) is 18.2 Å². The lowest BCUT2D eigenvalue weighted by Gasteiger charge is -2.32. The highest BCUT2D eigenvalue weighted by Gasteiger charge is 2.18. The zero-order chi connectivity index (χ0) is 13.8. The predicted octanol–water partition coefficient (Wildman–Crippen LogP) is 2.13. The summed E-state index contributed by atoms with van der Waals surface area (Å²) in [6, 6.07) is 5.61. The average Bonchev–Trinajstić information content (AvgIpc) is 2.38. The summed E-state index contributed by atoms with van der Waals surface area (Å²) in [4.78, 5) is 16.2. The number of hydrogen-bond acceptors (Lipinski definition) is 3. The number of nitrogens with zero attached hydrogens (tertiary/aromatic N) is 2. The number of hydrogen-bond donors (Lipinski definition) is 1. The molecule has 0 saturated carbocycles. The van der Waals surface area contributed by atoms with Crippen molar-refractivity contribution in [3.8, 4) is 0 Å². The minimum atomic E-state index is 0.152. The monoisotopic (exact) mass is 393 g/mol. The molecule has 1 fully saturated rings. The summed E-state index contributed by atoms with van der Waals surface area (Å²) in [6.07, 6.45) is 0. The van der Waals surface area contributed by atoms with Crippen LogP contribution < -0.4 is 5.32 Å². The van der Waals surface area contributed by atoms with E-state index in [2.05, 4.69) is 39.9 Å². The first-order valence-corrected chi connectivity index (χ1v) is 7.67. The molecule has 0 atom stereocenters. The zero-order valence-corrected chi connectivity index (χ0v) is 13.7. The fraction of sp³-hybridized carbons (Fsp3) is 0.462. The fourth-order valence-electron chi connectivity index (χ4n) is 1.97. The number of likely N-dealkylation sites (N-methyl/N-ethyl adjacent to an activating group) is 1. The SMILES string of the molecule is CN1CCN(C(=O)CNc2ccc(Cl)cc2I)CC1. The molecule has 0 unspecified atom stereocenters. The van der Waals surface area contributed by atoms with Crippen molar-refractivity contribution in [1.29, 1.82) is 0 Å². The van der Waals surface area contributed by atoms with Gasteiger partial charge in [0, 0.05) is 40.5 Å². The van der Waals surface area contributed by atoms with Crippen molar-refractivity contribution in [2.45, 2.75) is 0 Å². The van der Waals surface area contributed by atoms with Crippen LogP contribution >= 0.6 is 34.2 Å². The van der Waals surface area contributed by atoms with E-state index in [1.807, 2.05) is 23.1 Å². The Labute approximate surface area is 132 Å². The number of piperazine rings is 1. The molecule has 1 aromatic rings. The van der Waals surface area contributed by atoms with Crippen LogP contribution in [0.25, 0.3) is 0 Å². The van der Waals surface area contributed by atoms with Crippen molar-refractivity contribution in [2.75, 3.05) is 45.1 Å². The molecule has 1 aliphatic heterocycles. The van der Waals surface area contributed by atoms with Crippen molar-refractivity contribution in [3.05, 3.63) is 26.8 Å². The second kappa shape index (κ2) is 6.76. The van der Waals surface area contributed by atoms with E-state index >= 15 is 0 Å². The molecule has 1 amide bonds. The van der Waals surface area contributed by atoms with Crippen LogP contribution in [-0.4, -0.2) is 55.5 Å². The van der Waals surface area contributed by atoms with E-state index in [-0.39, 0.29) is 5.91 Å². The molecule has 1 saturated heterocycles. The molecule has 1 heterocycles. The van der Waals surface area contributed by atoms with E-state index in [0.717, 1.165) is 35.4 Å². The lowest BCUT2D eigenvalue weighted by Crippen LogP contribution is -2.48. The molecule has 6 heteroatoms. The van der Waals surface area contributed by atoms with Crippen LogP contribution in [0, 0.1) is 3.57 Å². The number of halogens is 2. The first kappa shape index (κ1) is 14.9. The molecule has 0 spiro atoms. The quantitative estimate of drug-likeness (QED) is 0.799. The Kier molecular flexibility index (Phi) is 5.29. The molecule has 1 N–H and O–H groups in total. The Balaban J connectivity index is 1.86. The van der Waals surface area contributed by atoms with Crippen LogP contribution in [0.4, 0.5) is 5.69 Å². The molecule has 1 aliphatic rings. The van der Waals surface area contributed by atoms with Crippen molar-refractivity contribution in [2.24, 2.45) is 0 Å². The minimum Gasteiger partial charge on any atom is -0.375 e. The maximum atomic E-state index is 12.1. The Morgan fingerprint density at radius 3 is 2.68 bits per heavy atom. The molecule has 104 valence electrons. The summed E-state index contributed by atoms with van der Waals surface area (Å²) in [7, 11) is 2.08. The molecule has 1 aromatic carbocycles. The third-order valence-corrected chi connectivity index (χ3v) is 4.34. The number of anilines is 1. The Hall–Kier alpha value is -0.530. The molecular formula is C13H17ClIN3O. The van der Waals surface area contributed by atoms with Crippen LogP contribution in [0.1, 0.15) is 0 Å². The van der Waals surface area contributed by atoms with Crippen molar-refractivity contribution < 1.29 is 4.79 Å². The van der Waals surface area contributed by atoms with Crippen LogP contribution in [0.3, 0.4) is 0 Å². The van der Waals surface area contributed by atoms with Gasteiger partial charge in [0.1, 0.15) is 0 Å². The number of amides is 1. The summed E-state index contributed by atoms with van der Waals surface area (Å²) in [5.74, 6) is 0.152. The predicted molar refractivity (Wildman–Crippen MR) is 86.7 cm³/mol. The van der Waals surface area contributed by atoms with Crippen molar-refractivity contribution >= 4 is 45.8 Å². The summed E-state index contributed by atoms with van der Waals surface area (Å²) in [6.45, 7) is 3.86. The highest BCUT2D eigenvalue weighted by Crippen LogP contribution is 2.22. The van der Waals surface area contributed by atoms with Gasteiger partial charge in [-0.1, -0.05) is 11.6 Å². The van der Waals surface area contributed by atoms with Gasteiger partial charge in [-0.25, -0.2) is 0 Å². The molecule has 2 rings (SSSR count).